The van der Waals surface area contributed by atoms with Crippen molar-refractivity contribution in [1.29, 1.82) is 0 Å². The first-order valence-electron chi connectivity index (χ1n) is 17.1. The zero-order chi connectivity index (χ0) is 35.1. The molecule has 4 aromatic rings. The molecule has 0 unspecified atom stereocenters. The first-order chi connectivity index (χ1) is 23.4. The van der Waals surface area contributed by atoms with Gasteiger partial charge in [-0.1, -0.05) is 53.5 Å². The maximum absolute atomic E-state index is 17.0. The highest BCUT2D eigenvalue weighted by atomic mass is 28.3. The van der Waals surface area contributed by atoms with Crippen LogP contribution in [0.4, 0.5) is 14.6 Å². The summed E-state index contributed by atoms with van der Waals surface area (Å²) in [4.78, 5) is 25.2. The monoisotopic (exact) mass is 686 g/mol. The predicted molar refractivity (Wildman–Crippen MR) is 190 cm³/mol. The third-order valence-corrected chi connectivity index (χ3v) is 16.4. The standard InChI is InChI=1S/C38H44F2N4O4Si/c1-22(2)49(23(3)4,24(5)6)15-12-28-31(39)11-8-25-16-27(48-21-46-7)17-29(32(25)28)34-33(40)35-30(18-41-34)36(42-26-9-10-26)44-37(43-35)47-20-38(19-45)13-14-38/h8,11,16-19,22-24,26H,9-10,13-14,20-21H2,1-7H3,(H,42,43,44). The topological polar surface area (TPSA) is 95.5 Å². The van der Waals surface area contributed by atoms with Crippen LogP contribution in [0.5, 0.6) is 11.8 Å². The Bertz CT molecular complexity index is 1940. The molecule has 11 heteroatoms. The van der Waals surface area contributed by atoms with Gasteiger partial charge in [0.2, 0.25) is 0 Å². The van der Waals surface area contributed by atoms with Crippen LogP contribution < -0.4 is 14.8 Å². The average molecular weight is 687 g/mol. The lowest BCUT2D eigenvalue weighted by Crippen LogP contribution is -2.43. The van der Waals surface area contributed by atoms with E-state index < -0.39 is 25.1 Å². The first kappa shape index (κ1) is 34.7. The Hall–Kier alpha value is -4.14. The highest BCUT2D eigenvalue weighted by Gasteiger charge is 2.44. The van der Waals surface area contributed by atoms with E-state index in [1.807, 2.05) is 0 Å². The molecule has 0 spiro atoms. The number of anilines is 1. The summed E-state index contributed by atoms with van der Waals surface area (Å²) in [6.45, 7) is 13.3. The van der Waals surface area contributed by atoms with E-state index in [4.69, 9.17) is 14.2 Å². The van der Waals surface area contributed by atoms with Crippen molar-refractivity contribution < 1.29 is 27.8 Å². The summed E-state index contributed by atoms with van der Waals surface area (Å²) >= 11 is 0. The molecule has 6 rings (SSSR count). The van der Waals surface area contributed by atoms with Crippen molar-refractivity contribution in [3.05, 3.63) is 47.7 Å². The molecule has 2 saturated carbocycles. The highest BCUT2D eigenvalue weighted by Crippen LogP contribution is 2.44. The van der Waals surface area contributed by atoms with Crippen LogP contribution in [0, 0.1) is 28.5 Å². The summed E-state index contributed by atoms with van der Waals surface area (Å²) < 4.78 is 49.8. The number of methoxy groups -OCH3 is 1. The van der Waals surface area contributed by atoms with Gasteiger partial charge in [-0.3, -0.25) is 4.98 Å². The molecule has 2 aliphatic carbocycles. The number of carbonyl (C=O) groups is 1. The quantitative estimate of drug-likeness (QED) is 0.0647. The van der Waals surface area contributed by atoms with Crippen LogP contribution >= 0.6 is 0 Å². The van der Waals surface area contributed by atoms with E-state index in [9.17, 15) is 4.79 Å². The lowest BCUT2D eigenvalue weighted by atomic mass is 9.95. The van der Waals surface area contributed by atoms with E-state index in [-0.39, 0.29) is 42.2 Å². The fraction of sp³-hybridized carbons (Fsp3) is 0.474. The minimum Gasteiger partial charge on any atom is -0.468 e. The highest BCUT2D eigenvalue weighted by molar-refractivity contribution is 6.90. The molecule has 49 heavy (non-hydrogen) atoms. The SMILES string of the molecule is COCOc1cc(-c2ncc3c(NC4CC4)nc(OCC4(C=O)CC4)nc3c2F)c2c(C#C[Si](C(C)C)(C(C)C)C(C)C)c(F)ccc2c1. The molecular formula is C38H44F2N4O4Si. The zero-order valence-electron chi connectivity index (χ0n) is 29.2. The van der Waals surface area contributed by atoms with E-state index >= 15 is 8.78 Å². The summed E-state index contributed by atoms with van der Waals surface area (Å²) in [5, 5.41) is 4.79. The lowest BCUT2D eigenvalue weighted by Gasteiger charge is -2.38. The average Bonchev–Trinajstić information content (AvgIpc) is 4.01. The van der Waals surface area contributed by atoms with Crippen molar-refractivity contribution in [1.82, 2.24) is 15.0 Å². The normalized spacial score (nSPS) is 15.5. The molecule has 1 N–H and O–H groups in total. The fourth-order valence-electron chi connectivity index (χ4n) is 7.02. The van der Waals surface area contributed by atoms with Crippen molar-refractivity contribution in [3.63, 3.8) is 0 Å². The maximum atomic E-state index is 17.0. The Morgan fingerprint density at radius 1 is 1.04 bits per heavy atom. The summed E-state index contributed by atoms with van der Waals surface area (Å²) in [6.07, 6.45) is 5.82. The number of fused-ring (bicyclic) bond motifs is 2. The van der Waals surface area contributed by atoms with Crippen molar-refractivity contribution in [2.75, 3.05) is 25.8 Å². The van der Waals surface area contributed by atoms with Gasteiger partial charge in [-0.2, -0.15) is 9.97 Å². The van der Waals surface area contributed by atoms with Crippen molar-refractivity contribution in [2.24, 2.45) is 5.41 Å². The number of nitrogens with zero attached hydrogens (tertiary/aromatic N) is 3. The van der Waals surface area contributed by atoms with Gasteiger partial charge in [0, 0.05) is 30.3 Å². The van der Waals surface area contributed by atoms with Crippen molar-refractivity contribution in [3.8, 4) is 34.5 Å². The van der Waals surface area contributed by atoms with Crippen LogP contribution in [0.15, 0.2) is 30.5 Å². The van der Waals surface area contributed by atoms with Crippen LogP contribution in [-0.4, -0.2) is 55.9 Å². The molecule has 2 aliphatic rings. The number of benzene rings is 2. The molecule has 0 radical (unpaired) electrons. The van der Waals surface area contributed by atoms with Crippen LogP contribution in [-0.2, 0) is 9.53 Å². The molecule has 0 saturated heterocycles. The number of rotatable bonds is 13. The smallest absolute Gasteiger partial charge is 0.319 e. The van der Waals surface area contributed by atoms with Crippen LogP contribution in [0.2, 0.25) is 16.6 Å². The Kier molecular flexibility index (Phi) is 9.66. The number of hydrogen-bond acceptors (Lipinski definition) is 8. The van der Waals surface area contributed by atoms with E-state index in [0.29, 0.717) is 49.9 Å². The zero-order valence-corrected chi connectivity index (χ0v) is 30.2. The molecule has 2 aromatic heterocycles. The molecule has 2 heterocycles. The van der Waals surface area contributed by atoms with Crippen molar-refractivity contribution in [2.45, 2.75) is 89.9 Å². The summed E-state index contributed by atoms with van der Waals surface area (Å²) in [7, 11) is -0.742. The summed E-state index contributed by atoms with van der Waals surface area (Å²) in [5.41, 5.74) is 4.57. The van der Waals surface area contributed by atoms with Gasteiger partial charge in [-0.25, -0.2) is 8.78 Å². The molecular weight excluding hydrogens is 643 g/mol. The number of ether oxygens (including phenoxy) is 3. The van der Waals surface area contributed by atoms with Gasteiger partial charge in [-0.05, 0) is 65.9 Å². The number of hydrogen-bond donors (Lipinski definition) is 1. The summed E-state index contributed by atoms with van der Waals surface area (Å²) in [5.74, 6) is 2.89. The number of carbonyl (C=O) groups excluding carboxylic acids is 1. The number of aldehydes is 1. The molecule has 258 valence electrons. The third-order valence-electron chi connectivity index (χ3n) is 10.1. The summed E-state index contributed by atoms with van der Waals surface area (Å²) in [6, 6.07) is 6.62. The molecule has 8 nitrogen and oxygen atoms in total. The van der Waals surface area contributed by atoms with Crippen LogP contribution in [0.1, 0.15) is 72.8 Å². The van der Waals surface area contributed by atoms with Gasteiger partial charge in [0.05, 0.1) is 16.4 Å². The fourth-order valence-corrected chi connectivity index (χ4v) is 12.2. The van der Waals surface area contributed by atoms with Crippen molar-refractivity contribution >= 4 is 41.9 Å². The largest absolute Gasteiger partial charge is 0.468 e. The Morgan fingerprint density at radius 2 is 1.76 bits per heavy atom. The number of halogens is 2. The molecule has 0 bridgehead atoms. The minimum atomic E-state index is -2.25. The second-order valence-corrected chi connectivity index (χ2v) is 20.0. The minimum absolute atomic E-state index is 0.000322. The Morgan fingerprint density at radius 3 is 2.37 bits per heavy atom. The number of pyridine rings is 1. The van der Waals surface area contributed by atoms with Gasteiger partial charge in [0.25, 0.3) is 0 Å². The van der Waals surface area contributed by atoms with Gasteiger partial charge in [0.15, 0.2) is 12.6 Å². The molecule has 0 atom stereocenters. The Labute approximate surface area is 287 Å². The predicted octanol–water partition coefficient (Wildman–Crippen LogP) is 8.61. The Balaban J connectivity index is 1.58. The molecule has 2 fully saturated rings. The van der Waals surface area contributed by atoms with Gasteiger partial charge >= 0.3 is 6.01 Å². The van der Waals surface area contributed by atoms with Gasteiger partial charge in [-0.15, -0.1) is 5.54 Å². The molecule has 2 aromatic carbocycles. The number of aromatic nitrogens is 3. The van der Waals surface area contributed by atoms with Crippen LogP contribution in [0.25, 0.3) is 32.9 Å². The van der Waals surface area contributed by atoms with E-state index in [1.54, 1.807) is 18.2 Å². The van der Waals surface area contributed by atoms with Crippen LogP contribution in [0.3, 0.4) is 0 Å². The maximum Gasteiger partial charge on any atom is 0.319 e. The first-order valence-corrected chi connectivity index (χ1v) is 19.3. The molecule has 0 aliphatic heterocycles. The second kappa shape index (κ2) is 13.6. The number of nitrogens with one attached hydrogen (secondary N) is 1. The van der Waals surface area contributed by atoms with Gasteiger partial charge in [0.1, 0.15) is 49.6 Å². The van der Waals surface area contributed by atoms with E-state index in [0.717, 1.165) is 32.0 Å². The van der Waals surface area contributed by atoms with E-state index in [1.165, 1.54) is 19.4 Å². The second-order valence-electron chi connectivity index (χ2n) is 14.4. The van der Waals surface area contributed by atoms with Gasteiger partial charge < -0.3 is 24.3 Å². The van der Waals surface area contributed by atoms with E-state index in [2.05, 4.69) is 73.3 Å². The lowest BCUT2D eigenvalue weighted by molar-refractivity contribution is -0.113. The third kappa shape index (κ3) is 6.73. The molecule has 0 amide bonds.